The fraction of sp³-hybridized carbons (Fsp3) is 0.417. The average Bonchev–Trinajstić information content (AvgIpc) is 3.00. The first-order valence-electron chi connectivity index (χ1n) is 4.95. The van der Waals surface area contributed by atoms with E-state index in [1.807, 2.05) is 12.1 Å². The Balaban J connectivity index is 2.37. The molecule has 0 bridgehead atoms. The van der Waals surface area contributed by atoms with Crippen LogP contribution in [0.2, 0.25) is 5.02 Å². The molecule has 75 valence electrons. The molecule has 1 radical (unpaired) electrons. The van der Waals surface area contributed by atoms with Gasteiger partial charge in [0.05, 0.1) is 0 Å². The summed E-state index contributed by atoms with van der Waals surface area (Å²) >= 11 is 5.93. The van der Waals surface area contributed by atoms with Gasteiger partial charge in [-0.25, -0.2) is 0 Å². The zero-order valence-corrected chi connectivity index (χ0v) is 8.80. The summed E-state index contributed by atoms with van der Waals surface area (Å²) in [6.07, 6.45) is 2.51. The van der Waals surface area contributed by atoms with Gasteiger partial charge in [-0.3, -0.25) is 0 Å². The molecule has 1 aromatic rings. The maximum Gasteiger partial charge on any atom is 0.0499 e. The monoisotopic (exact) mass is 209 g/mol. The lowest BCUT2D eigenvalue weighted by molar-refractivity contribution is 0.282. The van der Waals surface area contributed by atoms with E-state index in [4.69, 9.17) is 16.7 Å². The minimum absolute atomic E-state index is 0.0516. The molecule has 1 atom stereocenters. The van der Waals surface area contributed by atoms with E-state index in [0.29, 0.717) is 5.92 Å². The van der Waals surface area contributed by atoms with Gasteiger partial charge in [-0.2, -0.15) is 0 Å². The van der Waals surface area contributed by atoms with Crippen molar-refractivity contribution in [3.63, 3.8) is 0 Å². The van der Waals surface area contributed by atoms with Crippen LogP contribution in [0, 0.1) is 6.92 Å². The highest BCUT2D eigenvalue weighted by Crippen LogP contribution is 2.43. The molecular weight excluding hydrogens is 196 g/mol. The Labute approximate surface area is 89.7 Å². The molecule has 1 aromatic carbocycles. The maximum atomic E-state index is 9.10. The zero-order chi connectivity index (χ0) is 10.1. The number of halogens is 1. The highest BCUT2D eigenvalue weighted by Gasteiger charge is 2.27. The van der Waals surface area contributed by atoms with Gasteiger partial charge in [0.25, 0.3) is 0 Å². The number of benzene rings is 1. The third-order valence-corrected chi connectivity index (χ3v) is 2.96. The average molecular weight is 210 g/mol. The predicted molar refractivity (Wildman–Crippen MR) is 58.6 cm³/mol. The number of aliphatic hydroxyl groups is 1. The number of hydrogen-bond donors (Lipinski definition) is 1. The van der Waals surface area contributed by atoms with Crippen molar-refractivity contribution in [2.45, 2.75) is 24.7 Å². The van der Waals surface area contributed by atoms with Crippen LogP contribution in [-0.4, -0.2) is 11.7 Å². The van der Waals surface area contributed by atoms with E-state index in [0.717, 1.165) is 10.6 Å². The molecule has 2 heteroatoms. The number of hydrogen-bond acceptors (Lipinski definition) is 1. The number of rotatable bonds is 3. The highest BCUT2D eigenvalue weighted by atomic mass is 35.5. The van der Waals surface area contributed by atoms with Crippen LogP contribution in [-0.2, 0) is 0 Å². The minimum Gasteiger partial charge on any atom is -0.396 e. The van der Waals surface area contributed by atoms with Gasteiger partial charge in [0.1, 0.15) is 0 Å². The van der Waals surface area contributed by atoms with Gasteiger partial charge >= 0.3 is 0 Å². The largest absolute Gasteiger partial charge is 0.396 e. The summed E-state index contributed by atoms with van der Waals surface area (Å²) in [5, 5.41) is 9.83. The van der Waals surface area contributed by atoms with E-state index in [1.165, 1.54) is 18.4 Å². The quantitative estimate of drug-likeness (QED) is 0.811. The van der Waals surface area contributed by atoms with Crippen molar-refractivity contribution in [2.75, 3.05) is 6.61 Å². The van der Waals surface area contributed by atoms with Crippen LogP contribution in [0.3, 0.4) is 0 Å². The SMILES string of the molecule is [CH2]C(CO)c1cc(Cl)ccc1C1CC1. The van der Waals surface area contributed by atoms with Crippen LogP contribution in [0.1, 0.15) is 35.8 Å². The Morgan fingerprint density at radius 2 is 2.21 bits per heavy atom. The molecule has 1 nitrogen and oxygen atoms in total. The molecule has 1 unspecified atom stereocenters. The molecule has 1 N–H and O–H groups in total. The smallest absolute Gasteiger partial charge is 0.0499 e. The molecule has 0 saturated heterocycles. The van der Waals surface area contributed by atoms with Crippen molar-refractivity contribution >= 4 is 11.6 Å². The Morgan fingerprint density at radius 3 is 2.79 bits per heavy atom. The van der Waals surface area contributed by atoms with Gasteiger partial charge in [0.2, 0.25) is 0 Å². The molecule has 1 aliphatic rings. The summed E-state index contributed by atoms with van der Waals surface area (Å²) < 4.78 is 0. The molecule has 1 saturated carbocycles. The van der Waals surface area contributed by atoms with Gasteiger partial charge in [-0.15, -0.1) is 0 Å². The normalized spacial score (nSPS) is 18.2. The van der Waals surface area contributed by atoms with Crippen LogP contribution in [0.15, 0.2) is 18.2 Å². The first-order chi connectivity index (χ1) is 6.72. The van der Waals surface area contributed by atoms with Crippen LogP contribution in [0.4, 0.5) is 0 Å². The molecule has 1 fully saturated rings. The lowest BCUT2D eigenvalue weighted by Crippen LogP contribution is -2.03. The lowest BCUT2D eigenvalue weighted by Gasteiger charge is -2.14. The van der Waals surface area contributed by atoms with Crippen LogP contribution in [0.25, 0.3) is 0 Å². The standard InChI is InChI=1S/C12H14ClO/c1-8(7-14)12-6-10(13)4-5-11(12)9-2-3-9/h4-6,8-9,14H,1-3,7H2. The summed E-state index contributed by atoms with van der Waals surface area (Å²) in [4.78, 5) is 0. The summed E-state index contributed by atoms with van der Waals surface area (Å²) in [6, 6.07) is 5.93. The molecule has 0 spiro atoms. The molecule has 0 heterocycles. The molecule has 0 aromatic heterocycles. The first kappa shape index (κ1) is 10.0. The van der Waals surface area contributed by atoms with Crippen LogP contribution < -0.4 is 0 Å². The summed E-state index contributed by atoms with van der Waals surface area (Å²) in [6.45, 7) is 4.01. The Bertz CT molecular complexity index is 331. The van der Waals surface area contributed by atoms with Crippen molar-refractivity contribution in [3.05, 3.63) is 41.3 Å². The van der Waals surface area contributed by atoms with Gasteiger partial charge in [0, 0.05) is 17.5 Å². The zero-order valence-electron chi connectivity index (χ0n) is 8.04. The van der Waals surface area contributed by atoms with E-state index < -0.39 is 0 Å². The topological polar surface area (TPSA) is 20.2 Å². The Hall–Kier alpha value is -0.530. The Morgan fingerprint density at radius 1 is 1.50 bits per heavy atom. The van der Waals surface area contributed by atoms with Crippen LogP contribution in [0.5, 0.6) is 0 Å². The van der Waals surface area contributed by atoms with Gasteiger partial charge in [-0.1, -0.05) is 17.7 Å². The highest BCUT2D eigenvalue weighted by molar-refractivity contribution is 6.30. The lowest BCUT2D eigenvalue weighted by atomic mass is 9.94. The summed E-state index contributed by atoms with van der Waals surface area (Å²) in [7, 11) is 0. The fourth-order valence-electron chi connectivity index (χ4n) is 1.76. The van der Waals surface area contributed by atoms with Crippen LogP contribution >= 0.6 is 11.6 Å². The van der Waals surface area contributed by atoms with E-state index >= 15 is 0 Å². The molecule has 14 heavy (non-hydrogen) atoms. The van der Waals surface area contributed by atoms with E-state index in [2.05, 4.69) is 13.0 Å². The van der Waals surface area contributed by atoms with Crippen molar-refractivity contribution in [1.29, 1.82) is 0 Å². The van der Waals surface area contributed by atoms with E-state index in [-0.39, 0.29) is 12.5 Å². The molecule has 1 aliphatic carbocycles. The predicted octanol–water partition coefficient (Wildman–Crippen LogP) is 3.13. The second kappa shape index (κ2) is 3.92. The van der Waals surface area contributed by atoms with Crippen molar-refractivity contribution < 1.29 is 5.11 Å². The minimum atomic E-state index is -0.0516. The maximum absolute atomic E-state index is 9.10. The summed E-state index contributed by atoms with van der Waals surface area (Å²) in [5.41, 5.74) is 2.44. The molecule has 0 amide bonds. The van der Waals surface area contributed by atoms with Gasteiger partial charge in [-0.05, 0) is 48.9 Å². The molecule has 0 aliphatic heterocycles. The van der Waals surface area contributed by atoms with Crippen molar-refractivity contribution in [3.8, 4) is 0 Å². The van der Waals surface area contributed by atoms with E-state index in [9.17, 15) is 0 Å². The third-order valence-electron chi connectivity index (χ3n) is 2.73. The Kier molecular flexibility index (Phi) is 2.80. The third kappa shape index (κ3) is 1.94. The van der Waals surface area contributed by atoms with E-state index in [1.54, 1.807) is 0 Å². The fourth-order valence-corrected chi connectivity index (χ4v) is 1.94. The molecular formula is C12H14ClO. The van der Waals surface area contributed by atoms with Crippen molar-refractivity contribution in [1.82, 2.24) is 0 Å². The van der Waals surface area contributed by atoms with Crippen molar-refractivity contribution in [2.24, 2.45) is 0 Å². The number of aliphatic hydroxyl groups excluding tert-OH is 1. The molecule has 2 rings (SSSR count). The summed E-state index contributed by atoms with van der Waals surface area (Å²) in [5.74, 6) is 0.627. The van der Waals surface area contributed by atoms with Gasteiger partial charge < -0.3 is 5.11 Å². The first-order valence-corrected chi connectivity index (χ1v) is 5.33. The second-order valence-corrected chi connectivity index (χ2v) is 4.36. The second-order valence-electron chi connectivity index (χ2n) is 3.93. The van der Waals surface area contributed by atoms with Gasteiger partial charge in [0.15, 0.2) is 0 Å².